The molecule has 0 amide bonds. The highest BCUT2D eigenvalue weighted by atomic mass is 32.2. The molecule has 0 spiro atoms. The van der Waals surface area contributed by atoms with Gasteiger partial charge in [-0.2, -0.15) is 5.10 Å². The maximum Gasteiger partial charge on any atom is 0.261 e. The largest absolute Gasteiger partial charge is 0.399 e. The number of fused-ring (bicyclic) bond motifs is 1. The first-order valence-electron chi connectivity index (χ1n) is 5.86. The second-order valence-electron chi connectivity index (χ2n) is 4.35. The molecule has 0 aliphatic rings. The minimum absolute atomic E-state index is 0.163. The number of sulfonamides is 1. The highest BCUT2D eigenvalue weighted by Crippen LogP contribution is 2.20. The molecule has 0 aliphatic heterocycles. The van der Waals surface area contributed by atoms with E-state index in [0.29, 0.717) is 11.4 Å². The lowest BCUT2D eigenvalue weighted by atomic mass is 10.2. The lowest BCUT2D eigenvalue weighted by molar-refractivity contribution is 0.601. The number of rotatable bonds is 3. The standard InChI is InChI=1S/C13H12N4O2S/c14-10-2-5-12(6-3-10)20(18,19)17-11-4-1-9-8-15-16-13(9)7-11/h1-8,17H,14H2,(H,15,16). The molecular weight excluding hydrogens is 276 g/mol. The molecule has 0 unspecified atom stereocenters. The maximum absolute atomic E-state index is 12.2. The summed E-state index contributed by atoms with van der Waals surface area (Å²) in [5.74, 6) is 0. The number of hydrogen-bond donors (Lipinski definition) is 3. The normalized spacial score (nSPS) is 11.6. The Balaban J connectivity index is 1.94. The van der Waals surface area contributed by atoms with Gasteiger partial charge in [-0.1, -0.05) is 0 Å². The van der Waals surface area contributed by atoms with Crippen molar-refractivity contribution in [2.75, 3.05) is 10.5 Å². The summed E-state index contributed by atoms with van der Waals surface area (Å²) >= 11 is 0. The van der Waals surface area contributed by atoms with Crippen LogP contribution in [0.4, 0.5) is 11.4 Å². The summed E-state index contributed by atoms with van der Waals surface area (Å²) in [6, 6.07) is 11.2. The molecule has 0 saturated heterocycles. The van der Waals surface area contributed by atoms with Crippen LogP contribution in [0.3, 0.4) is 0 Å². The van der Waals surface area contributed by atoms with Gasteiger partial charge in [0.05, 0.1) is 22.3 Å². The molecule has 0 radical (unpaired) electrons. The molecule has 0 atom stereocenters. The quantitative estimate of drug-likeness (QED) is 0.641. The number of nitrogens with zero attached hydrogens (tertiary/aromatic N) is 1. The maximum atomic E-state index is 12.2. The number of hydrogen-bond acceptors (Lipinski definition) is 4. The Bertz CT molecular complexity index is 853. The predicted molar refractivity (Wildman–Crippen MR) is 77.8 cm³/mol. The van der Waals surface area contributed by atoms with E-state index in [1.54, 1.807) is 36.5 Å². The summed E-state index contributed by atoms with van der Waals surface area (Å²) in [4.78, 5) is 0.163. The molecule has 6 nitrogen and oxygen atoms in total. The summed E-state index contributed by atoms with van der Waals surface area (Å²) < 4.78 is 26.9. The second-order valence-corrected chi connectivity index (χ2v) is 6.03. The Morgan fingerprint density at radius 2 is 1.85 bits per heavy atom. The van der Waals surface area contributed by atoms with Crippen LogP contribution in [-0.2, 0) is 10.0 Å². The van der Waals surface area contributed by atoms with Crippen LogP contribution in [-0.4, -0.2) is 18.6 Å². The van der Waals surface area contributed by atoms with Crippen LogP contribution in [0.2, 0.25) is 0 Å². The van der Waals surface area contributed by atoms with Crippen molar-refractivity contribution in [3.05, 3.63) is 48.7 Å². The van der Waals surface area contributed by atoms with Gasteiger partial charge in [0.15, 0.2) is 0 Å². The van der Waals surface area contributed by atoms with Gasteiger partial charge in [0.25, 0.3) is 10.0 Å². The van der Waals surface area contributed by atoms with Crippen LogP contribution in [0, 0.1) is 0 Å². The Hall–Kier alpha value is -2.54. The summed E-state index contributed by atoms with van der Waals surface area (Å²) in [5, 5.41) is 7.60. The van der Waals surface area contributed by atoms with Crippen LogP contribution >= 0.6 is 0 Å². The van der Waals surface area contributed by atoms with Crippen molar-refractivity contribution < 1.29 is 8.42 Å². The van der Waals surface area contributed by atoms with Gasteiger partial charge in [-0.25, -0.2) is 8.42 Å². The van der Waals surface area contributed by atoms with Gasteiger partial charge in [0.2, 0.25) is 0 Å². The summed E-state index contributed by atoms with van der Waals surface area (Å²) in [6.07, 6.45) is 1.67. The zero-order valence-corrected chi connectivity index (χ0v) is 11.2. The lowest BCUT2D eigenvalue weighted by Gasteiger charge is -2.08. The highest BCUT2D eigenvalue weighted by Gasteiger charge is 2.14. The molecule has 0 fully saturated rings. The second kappa shape index (κ2) is 4.53. The Labute approximate surface area is 115 Å². The van der Waals surface area contributed by atoms with Gasteiger partial charge in [0, 0.05) is 11.1 Å². The van der Waals surface area contributed by atoms with Gasteiger partial charge < -0.3 is 5.73 Å². The predicted octanol–water partition coefficient (Wildman–Crippen LogP) is 1.95. The third-order valence-electron chi connectivity index (χ3n) is 2.88. The first-order chi connectivity index (χ1) is 9.54. The van der Waals surface area contributed by atoms with E-state index in [0.717, 1.165) is 10.9 Å². The van der Waals surface area contributed by atoms with E-state index in [-0.39, 0.29) is 4.90 Å². The molecule has 0 bridgehead atoms. The number of nitrogens with two attached hydrogens (primary N) is 1. The number of nitrogen functional groups attached to an aromatic ring is 1. The van der Waals surface area contributed by atoms with Crippen LogP contribution < -0.4 is 10.5 Å². The molecule has 0 aliphatic carbocycles. The van der Waals surface area contributed by atoms with Crippen molar-refractivity contribution in [1.29, 1.82) is 0 Å². The van der Waals surface area contributed by atoms with Crippen LogP contribution in [0.5, 0.6) is 0 Å². The van der Waals surface area contributed by atoms with E-state index in [2.05, 4.69) is 14.9 Å². The molecular formula is C13H12N4O2S. The van der Waals surface area contributed by atoms with Gasteiger partial charge >= 0.3 is 0 Å². The van der Waals surface area contributed by atoms with Crippen molar-refractivity contribution in [3.63, 3.8) is 0 Å². The number of anilines is 2. The molecule has 20 heavy (non-hydrogen) atoms. The van der Waals surface area contributed by atoms with Crippen molar-refractivity contribution >= 4 is 32.3 Å². The van der Waals surface area contributed by atoms with E-state index in [4.69, 9.17) is 5.73 Å². The van der Waals surface area contributed by atoms with Crippen LogP contribution in [0.1, 0.15) is 0 Å². The lowest BCUT2D eigenvalue weighted by Crippen LogP contribution is -2.12. The minimum atomic E-state index is -3.62. The molecule has 1 aromatic heterocycles. The van der Waals surface area contributed by atoms with E-state index >= 15 is 0 Å². The Kier molecular flexibility index (Phi) is 2.83. The van der Waals surface area contributed by atoms with Crippen molar-refractivity contribution in [1.82, 2.24) is 10.2 Å². The molecule has 3 rings (SSSR count). The molecule has 102 valence electrons. The number of aromatic nitrogens is 2. The van der Waals surface area contributed by atoms with Crippen LogP contribution in [0.15, 0.2) is 53.6 Å². The van der Waals surface area contributed by atoms with Gasteiger partial charge in [-0.05, 0) is 42.5 Å². The SMILES string of the molecule is Nc1ccc(S(=O)(=O)Nc2ccc3cn[nH]c3c2)cc1. The zero-order valence-electron chi connectivity index (χ0n) is 10.4. The third kappa shape index (κ3) is 2.30. The minimum Gasteiger partial charge on any atom is -0.399 e. The number of nitrogens with one attached hydrogen (secondary N) is 2. The fourth-order valence-corrected chi connectivity index (χ4v) is 2.91. The van der Waals surface area contributed by atoms with E-state index < -0.39 is 10.0 Å². The highest BCUT2D eigenvalue weighted by molar-refractivity contribution is 7.92. The first kappa shape index (κ1) is 12.5. The monoisotopic (exact) mass is 288 g/mol. The van der Waals surface area contributed by atoms with Gasteiger partial charge in [-0.15, -0.1) is 0 Å². The number of benzene rings is 2. The fraction of sp³-hybridized carbons (Fsp3) is 0. The third-order valence-corrected chi connectivity index (χ3v) is 4.28. The summed E-state index contributed by atoms with van der Waals surface area (Å²) in [7, 11) is -3.62. The topological polar surface area (TPSA) is 101 Å². The van der Waals surface area contributed by atoms with E-state index in [9.17, 15) is 8.42 Å². The Morgan fingerprint density at radius 1 is 1.10 bits per heavy atom. The molecule has 2 aromatic carbocycles. The average molecular weight is 288 g/mol. The average Bonchev–Trinajstić information content (AvgIpc) is 2.86. The summed E-state index contributed by atoms with van der Waals surface area (Å²) in [6.45, 7) is 0. The molecule has 1 heterocycles. The molecule has 7 heteroatoms. The van der Waals surface area contributed by atoms with Crippen molar-refractivity contribution in [2.24, 2.45) is 0 Å². The van der Waals surface area contributed by atoms with Gasteiger partial charge in [-0.3, -0.25) is 9.82 Å². The summed E-state index contributed by atoms with van der Waals surface area (Å²) in [5.41, 5.74) is 7.30. The molecule has 3 aromatic rings. The van der Waals surface area contributed by atoms with Gasteiger partial charge in [0.1, 0.15) is 0 Å². The smallest absolute Gasteiger partial charge is 0.261 e. The first-order valence-corrected chi connectivity index (χ1v) is 7.34. The fourth-order valence-electron chi connectivity index (χ4n) is 1.86. The van der Waals surface area contributed by atoms with E-state index in [1.165, 1.54) is 12.1 Å². The van der Waals surface area contributed by atoms with Crippen LogP contribution in [0.25, 0.3) is 10.9 Å². The van der Waals surface area contributed by atoms with Crippen molar-refractivity contribution in [2.45, 2.75) is 4.90 Å². The molecule has 4 N–H and O–H groups in total. The Morgan fingerprint density at radius 3 is 2.60 bits per heavy atom. The number of aromatic amines is 1. The number of H-pyrrole nitrogens is 1. The van der Waals surface area contributed by atoms with E-state index in [1.807, 2.05) is 0 Å². The molecule has 0 saturated carbocycles. The van der Waals surface area contributed by atoms with Crippen molar-refractivity contribution in [3.8, 4) is 0 Å². The zero-order chi connectivity index (χ0) is 14.2.